The Labute approximate surface area is 230 Å². The van der Waals surface area contributed by atoms with Crippen molar-refractivity contribution in [3.8, 4) is 5.75 Å². The highest BCUT2D eigenvalue weighted by Gasteiger charge is 2.42. The topological polar surface area (TPSA) is 81.5 Å². The van der Waals surface area contributed by atoms with Crippen molar-refractivity contribution in [1.29, 1.82) is 0 Å². The van der Waals surface area contributed by atoms with Crippen LogP contribution in [0.2, 0.25) is 0 Å². The summed E-state index contributed by atoms with van der Waals surface area (Å²) in [6.45, 7) is 4.18. The number of ether oxygens (including phenoxy) is 1. The maximum Gasteiger partial charge on any atom is 0.269 e. The summed E-state index contributed by atoms with van der Waals surface area (Å²) in [7, 11) is 1.62. The molecule has 0 saturated carbocycles. The number of allylic oxidation sites excluding steroid dienone is 4. The van der Waals surface area contributed by atoms with E-state index in [-0.39, 0.29) is 17.4 Å². The van der Waals surface area contributed by atoms with Crippen LogP contribution in [0.15, 0.2) is 100 Å². The van der Waals surface area contributed by atoms with Crippen molar-refractivity contribution >= 4 is 39.2 Å². The number of Topliss-reactive ketones (excluding diaryl/α,β-unsaturated/α-hetero) is 1. The minimum Gasteiger partial charge on any atom is -0.497 e. The van der Waals surface area contributed by atoms with Crippen molar-refractivity contribution in [2.45, 2.75) is 26.2 Å². The van der Waals surface area contributed by atoms with E-state index in [0.717, 1.165) is 43.9 Å². The van der Waals surface area contributed by atoms with Crippen LogP contribution >= 0.6 is 15.9 Å². The molecule has 1 N–H and O–H groups in total. The predicted octanol–water partition coefficient (Wildman–Crippen LogP) is 7.43. The summed E-state index contributed by atoms with van der Waals surface area (Å²) in [6.07, 6.45) is 4.66. The molecule has 0 spiro atoms. The van der Waals surface area contributed by atoms with Crippen LogP contribution in [-0.4, -0.2) is 17.8 Å². The highest BCUT2D eigenvalue weighted by Crippen LogP contribution is 2.48. The summed E-state index contributed by atoms with van der Waals surface area (Å²) < 4.78 is 6.26. The lowest BCUT2D eigenvalue weighted by Gasteiger charge is -2.40. The molecule has 0 radical (unpaired) electrons. The van der Waals surface area contributed by atoms with Crippen molar-refractivity contribution in [2.75, 3.05) is 7.11 Å². The number of methoxy groups -OCH3 is 1. The van der Waals surface area contributed by atoms with Crippen molar-refractivity contribution in [3.63, 3.8) is 0 Å². The largest absolute Gasteiger partial charge is 0.497 e. The molecule has 5 rings (SSSR count). The number of nitro groups is 1. The molecule has 1 aliphatic heterocycles. The number of nitrogens with one attached hydrogen (secondary N) is 1. The summed E-state index contributed by atoms with van der Waals surface area (Å²) in [5.41, 5.74) is 5.56. The van der Waals surface area contributed by atoms with Gasteiger partial charge < -0.3 is 10.1 Å². The maximum absolute atomic E-state index is 14.2. The fourth-order valence-electron chi connectivity index (χ4n) is 5.11. The number of benzene rings is 3. The van der Waals surface area contributed by atoms with Gasteiger partial charge in [-0.1, -0.05) is 66.2 Å². The van der Waals surface area contributed by atoms with E-state index >= 15 is 0 Å². The predicted molar refractivity (Wildman–Crippen MR) is 152 cm³/mol. The molecule has 1 heterocycles. The molecule has 3 aromatic carbocycles. The van der Waals surface area contributed by atoms with Gasteiger partial charge >= 0.3 is 0 Å². The zero-order chi connectivity index (χ0) is 27.0. The number of halogens is 1. The van der Waals surface area contributed by atoms with Crippen molar-refractivity contribution in [1.82, 2.24) is 5.32 Å². The van der Waals surface area contributed by atoms with Gasteiger partial charge in [0.2, 0.25) is 0 Å². The SMILES string of the molecule is COc1ccc(/C=C2\C(=O)C3=C(CC2(C)C)NC(c2ccc(Br)cc2)=CC3c2ccc([N+](=O)[O-])cc2)cc1. The molecule has 0 fully saturated rings. The molecule has 0 saturated heterocycles. The molecule has 1 atom stereocenters. The van der Waals surface area contributed by atoms with E-state index in [1.165, 1.54) is 12.1 Å². The lowest BCUT2D eigenvalue weighted by atomic mass is 9.67. The summed E-state index contributed by atoms with van der Waals surface area (Å²) in [6, 6.07) is 22.1. The standard InChI is InChI=1S/C31H27BrN2O4/c1-31(2)18-28-29(30(35)26(31)16-19-4-14-24(38-3)15-5-19)25(20-8-12-23(13-9-20)34(36)37)17-27(33-28)21-6-10-22(32)11-7-21/h4-17,25,33H,18H2,1-3H3/b26-16+. The van der Waals surface area contributed by atoms with Gasteiger partial charge in [-0.05, 0) is 64.9 Å². The minimum atomic E-state index is -0.413. The molecule has 1 unspecified atom stereocenters. The molecule has 0 aromatic heterocycles. The maximum atomic E-state index is 14.2. The Hall–Kier alpha value is -3.97. The van der Waals surface area contributed by atoms with Crippen molar-refractivity contribution in [2.24, 2.45) is 5.41 Å². The number of nitrogens with zero attached hydrogens (tertiary/aromatic N) is 1. The smallest absolute Gasteiger partial charge is 0.269 e. The number of non-ortho nitro benzene ring substituents is 1. The van der Waals surface area contributed by atoms with Crippen LogP contribution in [0.5, 0.6) is 5.75 Å². The van der Waals surface area contributed by atoms with Gasteiger partial charge in [0.1, 0.15) is 5.75 Å². The first kappa shape index (κ1) is 25.7. The Morgan fingerprint density at radius 3 is 2.29 bits per heavy atom. The van der Waals surface area contributed by atoms with Gasteiger partial charge in [-0.3, -0.25) is 14.9 Å². The highest BCUT2D eigenvalue weighted by molar-refractivity contribution is 9.10. The Morgan fingerprint density at radius 2 is 1.68 bits per heavy atom. The van der Waals surface area contributed by atoms with Crippen LogP contribution in [0.3, 0.4) is 0 Å². The minimum absolute atomic E-state index is 0.0187. The lowest BCUT2D eigenvalue weighted by Crippen LogP contribution is -2.37. The second kappa shape index (κ2) is 10.1. The zero-order valence-electron chi connectivity index (χ0n) is 21.3. The number of carbonyl (C=O) groups is 1. The molecule has 38 heavy (non-hydrogen) atoms. The van der Waals surface area contributed by atoms with Gasteiger partial charge in [-0.2, -0.15) is 0 Å². The number of dihydropyridines is 1. The lowest BCUT2D eigenvalue weighted by molar-refractivity contribution is -0.384. The zero-order valence-corrected chi connectivity index (χ0v) is 22.9. The first-order chi connectivity index (χ1) is 18.2. The van der Waals surface area contributed by atoms with Crippen molar-refractivity contribution < 1.29 is 14.5 Å². The fraction of sp³-hybridized carbons (Fsp3) is 0.194. The van der Waals surface area contributed by atoms with Gasteiger partial charge in [-0.25, -0.2) is 0 Å². The number of rotatable bonds is 5. The third-order valence-corrected chi connectivity index (χ3v) is 7.67. The average molecular weight is 571 g/mol. The summed E-state index contributed by atoms with van der Waals surface area (Å²) in [5, 5.41) is 14.8. The van der Waals surface area contributed by atoms with E-state index in [4.69, 9.17) is 4.74 Å². The van der Waals surface area contributed by atoms with Gasteiger partial charge in [-0.15, -0.1) is 0 Å². The van der Waals surface area contributed by atoms with E-state index in [0.29, 0.717) is 12.0 Å². The third-order valence-electron chi connectivity index (χ3n) is 7.14. The quantitative estimate of drug-likeness (QED) is 0.196. The number of carbonyl (C=O) groups excluding carboxylic acids is 1. The normalized spacial score (nSPS) is 19.5. The van der Waals surface area contributed by atoms with E-state index in [2.05, 4.69) is 35.1 Å². The molecule has 6 nitrogen and oxygen atoms in total. The molecule has 3 aromatic rings. The monoisotopic (exact) mass is 570 g/mol. The highest BCUT2D eigenvalue weighted by atomic mass is 79.9. The van der Waals surface area contributed by atoms with Crippen LogP contribution < -0.4 is 10.1 Å². The molecule has 2 aliphatic rings. The number of nitro benzene ring substituents is 1. The molecular weight excluding hydrogens is 544 g/mol. The molecule has 0 bridgehead atoms. The first-order valence-corrected chi connectivity index (χ1v) is 13.1. The second-order valence-electron chi connectivity index (χ2n) is 10.2. The van der Waals surface area contributed by atoms with Crippen LogP contribution in [0.4, 0.5) is 5.69 Å². The third kappa shape index (κ3) is 4.94. The summed E-state index contributed by atoms with van der Waals surface area (Å²) in [5.74, 6) is 0.384. The van der Waals surface area contributed by atoms with Crippen LogP contribution in [-0.2, 0) is 4.79 Å². The summed E-state index contributed by atoms with van der Waals surface area (Å²) in [4.78, 5) is 25.1. The number of hydrogen-bond donors (Lipinski definition) is 1. The van der Waals surface area contributed by atoms with Crippen LogP contribution in [0.25, 0.3) is 11.8 Å². The summed E-state index contributed by atoms with van der Waals surface area (Å²) >= 11 is 3.49. The molecule has 0 amide bonds. The van der Waals surface area contributed by atoms with Gasteiger partial charge in [0.05, 0.1) is 12.0 Å². The molecule has 7 heteroatoms. The van der Waals surface area contributed by atoms with E-state index in [1.807, 2.05) is 60.7 Å². The average Bonchev–Trinajstić information content (AvgIpc) is 2.91. The van der Waals surface area contributed by atoms with E-state index < -0.39 is 10.3 Å². The Morgan fingerprint density at radius 1 is 1.03 bits per heavy atom. The molecule has 1 aliphatic carbocycles. The van der Waals surface area contributed by atoms with Crippen molar-refractivity contribution in [3.05, 3.63) is 127 Å². The number of hydrogen-bond acceptors (Lipinski definition) is 5. The van der Waals surface area contributed by atoms with Gasteiger partial charge in [0, 0.05) is 45.1 Å². The van der Waals surface area contributed by atoms with Crippen LogP contribution in [0, 0.1) is 15.5 Å². The number of ketones is 1. The Kier molecular flexibility index (Phi) is 6.80. The first-order valence-electron chi connectivity index (χ1n) is 12.3. The molecular formula is C31H27BrN2O4. The second-order valence-corrected chi connectivity index (χ2v) is 11.1. The van der Waals surface area contributed by atoms with E-state index in [1.54, 1.807) is 19.2 Å². The van der Waals surface area contributed by atoms with E-state index in [9.17, 15) is 14.9 Å². The van der Waals surface area contributed by atoms with Crippen LogP contribution in [0.1, 0.15) is 42.9 Å². The fourth-order valence-corrected chi connectivity index (χ4v) is 5.37. The van der Waals surface area contributed by atoms with Gasteiger partial charge in [0.15, 0.2) is 5.78 Å². The van der Waals surface area contributed by atoms with Gasteiger partial charge in [0.25, 0.3) is 5.69 Å². The molecule has 192 valence electrons. The Bertz CT molecular complexity index is 1500. The Balaban J connectivity index is 1.62.